The Labute approximate surface area is 86.3 Å². The summed E-state index contributed by atoms with van der Waals surface area (Å²) >= 11 is 0. The summed E-state index contributed by atoms with van der Waals surface area (Å²) in [6.45, 7) is 0. The number of aromatic nitrogens is 2. The third-order valence-electron chi connectivity index (χ3n) is 2.46. The van der Waals surface area contributed by atoms with Gasteiger partial charge in [-0.1, -0.05) is 0 Å². The Hall–Kier alpha value is -2.10. The molecule has 4 nitrogen and oxygen atoms in total. The third kappa shape index (κ3) is 1.30. The van der Waals surface area contributed by atoms with E-state index in [0.29, 0.717) is 24.0 Å². The van der Waals surface area contributed by atoms with E-state index >= 15 is 0 Å². The SMILES string of the molecule is O=CC(C=O)(c1ccc[nH]1)c1ccc[nH]1. The number of hydrogen-bond acceptors (Lipinski definition) is 2. The molecule has 0 amide bonds. The minimum absolute atomic E-state index is 0.565. The molecule has 0 aliphatic rings. The fraction of sp³-hybridized carbons (Fsp3) is 0.0909. The molecule has 0 saturated carbocycles. The van der Waals surface area contributed by atoms with E-state index < -0.39 is 5.41 Å². The molecule has 2 heterocycles. The molecule has 0 unspecified atom stereocenters. The molecule has 0 aliphatic heterocycles. The summed E-state index contributed by atoms with van der Waals surface area (Å²) in [7, 11) is 0. The van der Waals surface area contributed by atoms with Gasteiger partial charge in [0.25, 0.3) is 0 Å². The van der Waals surface area contributed by atoms with Crippen LogP contribution in [0.15, 0.2) is 36.7 Å². The zero-order chi connectivity index (χ0) is 10.7. The first-order valence-electron chi connectivity index (χ1n) is 4.54. The summed E-state index contributed by atoms with van der Waals surface area (Å²) in [5.41, 5.74) is -0.114. The first-order valence-corrected chi connectivity index (χ1v) is 4.54. The van der Waals surface area contributed by atoms with Gasteiger partial charge >= 0.3 is 0 Å². The van der Waals surface area contributed by atoms with Crippen LogP contribution in [0.25, 0.3) is 0 Å². The van der Waals surface area contributed by atoms with Crippen LogP contribution in [0, 0.1) is 0 Å². The molecule has 0 spiro atoms. The van der Waals surface area contributed by atoms with Gasteiger partial charge in [0.15, 0.2) is 5.41 Å². The van der Waals surface area contributed by atoms with E-state index in [1.807, 2.05) is 0 Å². The van der Waals surface area contributed by atoms with Gasteiger partial charge in [-0.05, 0) is 24.3 Å². The molecular formula is C11H10N2O2. The number of nitrogens with one attached hydrogen (secondary N) is 2. The average molecular weight is 202 g/mol. The van der Waals surface area contributed by atoms with Crippen molar-refractivity contribution < 1.29 is 9.59 Å². The zero-order valence-electron chi connectivity index (χ0n) is 7.94. The van der Waals surface area contributed by atoms with Gasteiger partial charge in [0, 0.05) is 23.8 Å². The summed E-state index contributed by atoms with van der Waals surface area (Å²) in [5.74, 6) is 0. The van der Waals surface area contributed by atoms with E-state index in [1.165, 1.54) is 0 Å². The lowest BCUT2D eigenvalue weighted by Crippen LogP contribution is -2.32. The molecule has 0 fully saturated rings. The van der Waals surface area contributed by atoms with Crippen molar-refractivity contribution in [1.29, 1.82) is 0 Å². The number of hydrogen-bond donors (Lipinski definition) is 2. The molecule has 2 aromatic rings. The van der Waals surface area contributed by atoms with Gasteiger partial charge in [-0.2, -0.15) is 0 Å². The maximum Gasteiger partial charge on any atom is 0.160 e. The highest BCUT2D eigenvalue weighted by atomic mass is 16.1. The van der Waals surface area contributed by atoms with Crippen molar-refractivity contribution >= 4 is 12.6 Å². The third-order valence-corrected chi connectivity index (χ3v) is 2.46. The highest BCUT2D eigenvalue weighted by Crippen LogP contribution is 2.25. The maximum absolute atomic E-state index is 11.2. The molecule has 2 N–H and O–H groups in total. The second kappa shape index (κ2) is 3.57. The topological polar surface area (TPSA) is 65.7 Å². The number of H-pyrrole nitrogens is 2. The van der Waals surface area contributed by atoms with Gasteiger partial charge in [-0.15, -0.1) is 0 Å². The van der Waals surface area contributed by atoms with Crippen LogP contribution in [-0.2, 0) is 15.0 Å². The number of carbonyl (C=O) groups is 2. The largest absolute Gasteiger partial charge is 0.363 e. The molecule has 0 atom stereocenters. The van der Waals surface area contributed by atoms with E-state index in [9.17, 15) is 9.59 Å². The average Bonchev–Trinajstić information content (AvgIpc) is 2.92. The lowest BCUT2D eigenvalue weighted by Gasteiger charge is -2.18. The second-order valence-corrected chi connectivity index (χ2v) is 3.27. The number of carbonyl (C=O) groups excluding carboxylic acids is 2. The van der Waals surface area contributed by atoms with Gasteiger partial charge < -0.3 is 19.6 Å². The quantitative estimate of drug-likeness (QED) is 0.574. The molecule has 15 heavy (non-hydrogen) atoms. The van der Waals surface area contributed by atoms with Crippen LogP contribution in [0.4, 0.5) is 0 Å². The van der Waals surface area contributed by atoms with E-state index in [0.717, 1.165) is 0 Å². The Bertz CT molecular complexity index is 399. The molecule has 4 heteroatoms. The van der Waals surface area contributed by atoms with Crippen molar-refractivity contribution in [3.63, 3.8) is 0 Å². The molecule has 0 bridgehead atoms. The van der Waals surface area contributed by atoms with Gasteiger partial charge in [0.05, 0.1) is 0 Å². The molecule has 0 saturated heterocycles. The minimum atomic E-state index is -1.24. The van der Waals surface area contributed by atoms with Crippen molar-refractivity contribution in [2.75, 3.05) is 0 Å². The van der Waals surface area contributed by atoms with E-state index in [4.69, 9.17) is 0 Å². The Morgan fingerprint density at radius 3 is 1.67 bits per heavy atom. The monoisotopic (exact) mass is 202 g/mol. The first kappa shape index (κ1) is 9.45. The Morgan fingerprint density at radius 1 is 0.933 bits per heavy atom. The lowest BCUT2D eigenvalue weighted by molar-refractivity contribution is -0.119. The smallest absolute Gasteiger partial charge is 0.160 e. The fourth-order valence-corrected chi connectivity index (χ4v) is 1.60. The minimum Gasteiger partial charge on any atom is -0.363 e. The second-order valence-electron chi connectivity index (χ2n) is 3.27. The van der Waals surface area contributed by atoms with Gasteiger partial charge in [-0.25, -0.2) is 0 Å². The van der Waals surface area contributed by atoms with Crippen molar-refractivity contribution in [2.24, 2.45) is 0 Å². The normalized spacial score (nSPS) is 11.2. The Morgan fingerprint density at radius 2 is 1.40 bits per heavy atom. The van der Waals surface area contributed by atoms with Crippen molar-refractivity contribution in [3.8, 4) is 0 Å². The molecule has 2 rings (SSSR count). The predicted molar refractivity (Wildman–Crippen MR) is 54.5 cm³/mol. The van der Waals surface area contributed by atoms with Crippen molar-refractivity contribution in [2.45, 2.75) is 5.41 Å². The number of aromatic amines is 2. The Balaban J connectivity index is 2.60. The van der Waals surface area contributed by atoms with Gasteiger partial charge in [0.1, 0.15) is 12.6 Å². The molecule has 0 radical (unpaired) electrons. The molecule has 76 valence electrons. The highest BCUT2D eigenvalue weighted by Gasteiger charge is 2.35. The summed E-state index contributed by atoms with van der Waals surface area (Å²) in [5, 5.41) is 0. The standard InChI is InChI=1S/C11H10N2O2/c14-7-11(8-15,9-3-1-5-12-9)10-4-2-6-13-10/h1-8,12-13H. The van der Waals surface area contributed by atoms with E-state index in [2.05, 4.69) is 9.97 Å². The first-order chi connectivity index (χ1) is 7.33. The lowest BCUT2D eigenvalue weighted by atomic mass is 9.84. The molecule has 2 aromatic heterocycles. The molecule has 0 aliphatic carbocycles. The zero-order valence-corrected chi connectivity index (χ0v) is 7.94. The Kier molecular flexibility index (Phi) is 2.25. The molecular weight excluding hydrogens is 192 g/mol. The number of rotatable bonds is 4. The van der Waals surface area contributed by atoms with Crippen LogP contribution in [0.1, 0.15) is 11.4 Å². The number of aldehydes is 2. The van der Waals surface area contributed by atoms with Gasteiger partial charge in [-0.3, -0.25) is 0 Å². The molecule has 0 aromatic carbocycles. The van der Waals surface area contributed by atoms with Crippen LogP contribution in [0.3, 0.4) is 0 Å². The van der Waals surface area contributed by atoms with E-state index in [1.54, 1.807) is 36.7 Å². The van der Waals surface area contributed by atoms with E-state index in [-0.39, 0.29) is 0 Å². The van der Waals surface area contributed by atoms with Crippen LogP contribution < -0.4 is 0 Å². The summed E-state index contributed by atoms with van der Waals surface area (Å²) in [4.78, 5) is 28.1. The van der Waals surface area contributed by atoms with Crippen LogP contribution >= 0.6 is 0 Å². The predicted octanol–water partition coefficient (Wildman–Crippen LogP) is 1.03. The van der Waals surface area contributed by atoms with Crippen LogP contribution in [0.5, 0.6) is 0 Å². The van der Waals surface area contributed by atoms with Crippen LogP contribution in [0.2, 0.25) is 0 Å². The summed E-state index contributed by atoms with van der Waals surface area (Å²) < 4.78 is 0. The maximum atomic E-state index is 11.2. The van der Waals surface area contributed by atoms with Crippen molar-refractivity contribution in [3.05, 3.63) is 48.0 Å². The van der Waals surface area contributed by atoms with Crippen LogP contribution in [-0.4, -0.2) is 22.5 Å². The summed E-state index contributed by atoms with van der Waals surface area (Å²) in [6.07, 6.45) is 4.63. The fourth-order valence-electron chi connectivity index (χ4n) is 1.60. The van der Waals surface area contributed by atoms with Crippen molar-refractivity contribution in [1.82, 2.24) is 9.97 Å². The summed E-state index contributed by atoms with van der Waals surface area (Å²) in [6, 6.07) is 6.92. The van der Waals surface area contributed by atoms with Gasteiger partial charge in [0.2, 0.25) is 0 Å². The highest BCUT2D eigenvalue weighted by molar-refractivity contribution is 5.95.